The van der Waals surface area contributed by atoms with E-state index in [9.17, 15) is 0 Å². The second kappa shape index (κ2) is 4.96. The Hall–Kier alpha value is -1.22. The van der Waals surface area contributed by atoms with Crippen molar-refractivity contribution >= 4 is 0 Å². The van der Waals surface area contributed by atoms with E-state index in [0.717, 1.165) is 23.0 Å². The summed E-state index contributed by atoms with van der Waals surface area (Å²) < 4.78 is 10.7. The van der Waals surface area contributed by atoms with Gasteiger partial charge < -0.3 is 14.8 Å². The van der Waals surface area contributed by atoms with Gasteiger partial charge in [-0.2, -0.15) is 0 Å². The van der Waals surface area contributed by atoms with Gasteiger partial charge in [-0.1, -0.05) is 6.92 Å². The van der Waals surface area contributed by atoms with Crippen LogP contribution in [0.4, 0.5) is 0 Å². The molecule has 2 rings (SSSR count). The fourth-order valence-electron chi connectivity index (χ4n) is 2.14. The standard InChI is InChI=1S/C14H21NO2/c1-9-7-13(9)15-10(2)12-8-11(16-3)5-6-14(12)17-4/h5-6,8-10,13,15H,7H2,1-4H3. The van der Waals surface area contributed by atoms with Crippen molar-refractivity contribution in [2.75, 3.05) is 14.2 Å². The van der Waals surface area contributed by atoms with Crippen LogP contribution in [0.25, 0.3) is 0 Å². The summed E-state index contributed by atoms with van der Waals surface area (Å²) in [5, 5.41) is 3.61. The Bertz CT molecular complexity index is 392. The fraction of sp³-hybridized carbons (Fsp3) is 0.571. The maximum absolute atomic E-state index is 5.40. The van der Waals surface area contributed by atoms with Crippen LogP contribution in [0, 0.1) is 5.92 Å². The summed E-state index contributed by atoms with van der Waals surface area (Å²) in [5.41, 5.74) is 1.16. The summed E-state index contributed by atoms with van der Waals surface area (Å²) in [7, 11) is 3.39. The summed E-state index contributed by atoms with van der Waals surface area (Å²) in [6.45, 7) is 4.44. The van der Waals surface area contributed by atoms with Crippen LogP contribution >= 0.6 is 0 Å². The van der Waals surface area contributed by atoms with Crippen molar-refractivity contribution in [3.05, 3.63) is 23.8 Å². The first-order chi connectivity index (χ1) is 8.15. The van der Waals surface area contributed by atoms with Crippen LogP contribution in [0.15, 0.2) is 18.2 Å². The Labute approximate surface area is 103 Å². The summed E-state index contributed by atoms with van der Waals surface area (Å²) in [6.07, 6.45) is 1.27. The Morgan fingerprint density at radius 2 is 2.00 bits per heavy atom. The maximum atomic E-state index is 5.40. The third kappa shape index (κ3) is 2.72. The molecule has 0 aromatic heterocycles. The molecule has 1 aliphatic rings. The molecule has 94 valence electrons. The number of hydrogen-bond acceptors (Lipinski definition) is 3. The van der Waals surface area contributed by atoms with Gasteiger partial charge in [0.2, 0.25) is 0 Å². The Morgan fingerprint density at radius 1 is 1.29 bits per heavy atom. The van der Waals surface area contributed by atoms with Gasteiger partial charge in [-0.3, -0.25) is 0 Å². The lowest BCUT2D eigenvalue weighted by Crippen LogP contribution is -2.22. The molecule has 0 bridgehead atoms. The number of nitrogens with one attached hydrogen (secondary N) is 1. The molecule has 0 aliphatic heterocycles. The van der Waals surface area contributed by atoms with Crippen LogP contribution in [0.2, 0.25) is 0 Å². The number of methoxy groups -OCH3 is 2. The lowest BCUT2D eigenvalue weighted by molar-refractivity contribution is 0.391. The van der Waals surface area contributed by atoms with Gasteiger partial charge >= 0.3 is 0 Å². The zero-order valence-corrected chi connectivity index (χ0v) is 11.0. The molecule has 1 N–H and O–H groups in total. The summed E-state index contributed by atoms with van der Waals surface area (Å²) in [4.78, 5) is 0. The molecule has 0 heterocycles. The first-order valence-electron chi connectivity index (χ1n) is 6.13. The SMILES string of the molecule is COc1ccc(OC)c(C(C)NC2CC2C)c1. The average molecular weight is 235 g/mol. The highest BCUT2D eigenvalue weighted by Crippen LogP contribution is 2.34. The van der Waals surface area contributed by atoms with Crippen molar-refractivity contribution < 1.29 is 9.47 Å². The fourth-order valence-corrected chi connectivity index (χ4v) is 2.14. The van der Waals surface area contributed by atoms with Crippen molar-refractivity contribution in [1.82, 2.24) is 5.32 Å². The third-order valence-electron chi connectivity index (χ3n) is 3.48. The molecule has 0 saturated heterocycles. The van der Waals surface area contributed by atoms with Crippen LogP contribution in [0.3, 0.4) is 0 Å². The summed E-state index contributed by atoms with van der Waals surface area (Å²) >= 11 is 0. The molecule has 0 radical (unpaired) electrons. The number of hydrogen-bond donors (Lipinski definition) is 1. The molecule has 3 nitrogen and oxygen atoms in total. The lowest BCUT2D eigenvalue weighted by atomic mass is 10.1. The quantitative estimate of drug-likeness (QED) is 0.851. The van der Waals surface area contributed by atoms with Crippen LogP contribution in [-0.4, -0.2) is 20.3 Å². The number of rotatable bonds is 5. The van der Waals surface area contributed by atoms with Gasteiger partial charge in [0, 0.05) is 17.6 Å². The van der Waals surface area contributed by atoms with E-state index in [1.165, 1.54) is 6.42 Å². The van der Waals surface area contributed by atoms with E-state index in [1.807, 2.05) is 18.2 Å². The van der Waals surface area contributed by atoms with Crippen LogP contribution in [-0.2, 0) is 0 Å². The minimum Gasteiger partial charge on any atom is -0.497 e. The average Bonchev–Trinajstić information content (AvgIpc) is 3.03. The minimum atomic E-state index is 0.287. The molecule has 3 heteroatoms. The largest absolute Gasteiger partial charge is 0.497 e. The number of benzene rings is 1. The van der Waals surface area contributed by atoms with Gasteiger partial charge in [0.1, 0.15) is 11.5 Å². The summed E-state index contributed by atoms with van der Waals surface area (Å²) in [5.74, 6) is 2.59. The highest BCUT2D eigenvalue weighted by molar-refractivity contribution is 5.42. The van der Waals surface area contributed by atoms with Gasteiger partial charge in [-0.05, 0) is 37.5 Å². The first kappa shape index (κ1) is 12.2. The van der Waals surface area contributed by atoms with Crippen molar-refractivity contribution in [2.45, 2.75) is 32.4 Å². The molecule has 1 aliphatic carbocycles. The van der Waals surface area contributed by atoms with E-state index in [2.05, 4.69) is 19.2 Å². The Morgan fingerprint density at radius 3 is 2.53 bits per heavy atom. The van der Waals surface area contributed by atoms with Crippen molar-refractivity contribution in [3.63, 3.8) is 0 Å². The van der Waals surface area contributed by atoms with E-state index < -0.39 is 0 Å². The first-order valence-corrected chi connectivity index (χ1v) is 6.13. The molecule has 1 aromatic rings. The molecule has 3 atom stereocenters. The molecule has 1 aromatic carbocycles. The zero-order chi connectivity index (χ0) is 12.4. The highest BCUT2D eigenvalue weighted by Gasteiger charge is 2.33. The molecule has 0 spiro atoms. The molecule has 3 unspecified atom stereocenters. The smallest absolute Gasteiger partial charge is 0.123 e. The topological polar surface area (TPSA) is 30.5 Å². The molecule has 1 fully saturated rings. The van der Waals surface area contributed by atoms with Crippen LogP contribution in [0.1, 0.15) is 31.9 Å². The van der Waals surface area contributed by atoms with Gasteiger partial charge in [-0.15, -0.1) is 0 Å². The van der Waals surface area contributed by atoms with Gasteiger partial charge in [0.25, 0.3) is 0 Å². The molecule has 1 saturated carbocycles. The molecular formula is C14H21NO2. The lowest BCUT2D eigenvalue weighted by Gasteiger charge is -2.18. The Kier molecular flexibility index (Phi) is 3.57. The highest BCUT2D eigenvalue weighted by atomic mass is 16.5. The number of ether oxygens (including phenoxy) is 2. The second-order valence-electron chi connectivity index (χ2n) is 4.82. The maximum Gasteiger partial charge on any atom is 0.123 e. The second-order valence-corrected chi connectivity index (χ2v) is 4.82. The van der Waals surface area contributed by atoms with Crippen LogP contribution in [0.5, 0.6) is 11.5 Å². The van der Waals surface area contributed by atoms with E-state index in [-0.39, 0.29) is 6.04 Å². The van der Waals surface area contributed by atoms with Gasteiger partial charge in [-0.25, -0.2) is 0 Å². The van der Waals surface area contributed by atoms with Crippen LogP contribution < -0.4 is 14.8 Å². The van der Waals surface area contributed by atoms with Gasteiger partial charge in [0.15, 0.2) is 0 Å². The predicted octanol–water partition coefficient (Wildman–Crippen LogP) is 2.76. The van der Waals surface area contributed by atoms with Crippen molar-refractivity contribution in [2.24, 2.45) is 5.92 Å². The van der Waals surface area contributed by atoms with E-state index in [0.29, 0.717) is 6.04 Å². The van der Waals surface area contributed by atoms with E-state index in [1.54, 1.807) is 14.2 Å². The van der Waals surface area contributed by atoms with E-state index in [4.69, 9.17) is 9.47 Å². The van der Waals surface area contributed by atoms with Gasteiger partial charge in [0.05, 0.1) is 14.2 Å². The van der Waals surface area contributed by atoms with Crippen molar-refractivity contribution in [1.29, 1.82) is 0 Å². The molecule has 0 amide bonds. The van der Waals surface area contributed by atoms with Crippen molar-refractivity contribution in [3.8, 4) is 11.5 Å². The molecular weight excluding hydrogens is 214 g/mol. The van der Waals surface area contributed by atoms with E-state index >= 15 is 0 Å². The minimum absolute atomic E-state index is 0.287. The zero-order valence-electron chi connectivity index (χ0n) is 11.0. The normalized spacial score (nSPS) is 24.2. The monoisotopic (exact) mass is 235 g/mol. The Balaban J connectivity index is 2.15. The predicted molar refractivity (Wildman–Crippen MR) is 68.7 cm³/mol. The summed E-state index contributed by atoms with van der Waals surface area (Å²) in [6, 6.07) is 6.87. The molecule has 17 heavy (non-hydrogen) atoms. The third-order valence-corrected chi connectivity index (χ3v) is 3.48.